The Morgan fingerprint density at radius 1 is 0.654 bits per heavy atom. The zero-order chi connectivity index (χ0) is 19.4. The molecule has 0 aromatic heterocycles. The average Bonchev–Trinajstić information content (AvgIpc) is 2.59. The molecule has 0 aliphatic heterocycles. The molecule has 0 saturated carbocycles. The molecule has 0 unspecified atom stereocenters. The van der Waals surface area contributed by atoms with Crippen LogP contribution in [0.2, 0.25) is 0 Å². The molecule has 0 amide bonds. The van der Waals surface area contributed by atoms with Gasteiger partial charge in [0.25, 0.3) is 0 Å². The van der Waals surface area contributed by atoms with Crippen LogP contribution in [-0.4, -0.2) is 33.7 Å². The second kappa shape index (κ2) is 7.47. The fourth-order valence-electron chi connectivity index (χ4n) is 2.15. The standard InChI is InChI=1S/C18H14O8/c1-9(19)11-5-3-7-13(15(11)21)17(23)25-26-18(24)14-8-4-6-12(10(2)20)16(14)22/h3-8,21-22H,1-2H3. The van der Waals surface area contributed by atoms with Gasteiger partial charge in [-0.15, -0.1) is 0 Å². The third kappa shape index (κ3) is 3.69. The number of phenols is 2. The lowest BCUT2D eigenvalue weighted by atomic mass is 10.1. The SMILES string of the molecule is CC(=O)c1cccc(C(=O)OOC(=O)c2cccc(C(C)=O)c2O)c1O. The highest BCUT2D eigenvalue weighted by atomic mass is 17.2. The van der Waals surface area contributed by atoms with Gasteiger partial charge in [-0.1, -0.05) is 12.1 Å². The van der Waals surface area contributed by atoms with E-state index in [-0.39, 0.29) is 22.3 Å². The summed E-state index contributed by atoms with van der Waals surface area (Å²) in [7, 11) is 0. The molecule has 0 radical (unpaired) electrons. The van der Waals surface area contributed by atoms with Gasteiger partial charge in [0.1, 0.15) is 22.6 Å². The van der Waals surface area contributed by atoms with E-state index in [4.69, 9.17) is 0 Å². The molecule has 0 atom stereocenters. The van der Waals surface area contributed by atoms with Gasteiger partial charge < -0.3 is 10.2 Å². The van der Waals surface area contributed by atoms with E-state index in [0.29, 0.717) is 0 Å². The van der Waals surface area contributed by atoms with Gasteiger partial charge in [0.2, 0.25) is 0 Å². The van der Waals surface area contributed by atoms with Crippen LogP contribution in [0.3, 0.4) is 0 Å². The van der Waals surface area contributed by atoms with E-state index in [1.54, 1.807) is 0 Å². The Hall–Kier alpha value is -3.68. The molecule has 0 spiro atoms. The molecule has 26 heavy (non-hydrogen) atoms. The molecule has 0 fully saturated rings. The van der Waals surface area contributed by atoms with Crippen molar-refractivity contribution in [1.82, 2.24) is 0 Å². The first kappa shape index (κ1) is 18.7. The van der Waals surface area contributed by atoms with E-state index < -0.39 is 35.0 Å². The number of hydrogen-bond acceptors (Lipinski definition) is 8. The number of hydrogen-bond donors (Lipinski definition) is 2. The Labute approximate surface area is 147 Å². The van der Waals surface area contributed by atoms with Crippen molar-refractivity contribution in [3.63, 3.8) is 0 Å². The molecular weight excluding hydrogens is 344 g/mol. The summed E-state index contributed by atoms with van der Waals surface area (Å²) in [4.78, 5) is 55.3. The maximum Gasteiger partial charge on any atom is 0.390 e. The molecular formula is C18H14O8. The van der Waals surface area contributed by atoms with Crippen molar-refractivity contribution in [2.75, 3.05) is 0 Å². The quantitative estimate of drug-likeness (QED) is 0.485. The molecule has 0 aliphatic rings. The summed E-state index contributed by atoms with van der Waals surface area (Å²) in [6.45, 7) is 2.41. The predicted octanol–water partition coefficient (Wildman–Crippen LogP) is 2.43. The van der Waals surface area contributed by atoms with Crippen molar-refractivity contribution >= 4 is 23.5 Å². The lowest BCUT2D eigenvalue weighted by molar-refractivity contribution is -0.187. The average molecular weight is 358 g/mol. The minimum Gasteiger partial charge on any atom is -0.506 e. The van der Waals surface area contributed by atoms with Gasteiger partial charge >= 0.3 is 11.9 Å². The van der Waals surface area contributed by atoms with E-state index >= 15 is 0 Å². The third-order valence-corrected chi connectivity index (χ3v) is 3.46. The number of phenolic OH excluding ortho intramolecular Hbond substituents is 2. The van der Waals surface area contributed by atoms with Crippen LogP contribution in [0.1, 0.15) is 55.3 Å². The van der Waals surface area contributed by atoms with E-state index in [0.717, 1.165) is 0 Å². The first-order valence-corrected chi connectivity index (χ1v) is 7.33. The minimum absolute atomic E-state index is 0.0995. The zero-order valence-electron chi connectivity index (χ0n) is 13.8. The lowest BCUT2D eigenvalue weighted by Gasteiger charge is -2.08. The van der Waals surface area contributed by atoms with Crippen LogP contribution in [0.4, 0.5) is 0 Å². The van der Waals surface area contributed by atoms with Gasteiger partial charge in [0.05, 0.1) is 11.1 Å². The number of para-hydroxylation sites is 2. The number of carbonyl (C=O) groups excluding carboxylic acids is 4. The van der Waals surface area contributed by atoms with Crippen molar-refractivity contribution < 1.29 is 39.2 Å². The molecule has 134 valence electrons. The molecule has 0 saturated heterocycles. The molecule has 8 heteroatoms. The van der Waals surface area contributed by atoms with Gasteiger partial charge in [0.15, 0.2) is 11.6 Å². The highest BCUT2D eigenvalue weighted by Crippen LogP contribution is 2.25. The molecule has 8 nitrogen and oxygen atoms in total. The normalized spacial score (nSPS) is 10.1. The second-order valence-electron chi connectivity index (χ2n) is 5.26. The van der Waals surface area contributed by atoms with E-state index in [2.05, 4.69) is 9.78 Å². The first-order valence-electron chi connectivity index (χ1n) is 7.33. The van der Waals surface area contributed by atoms with Gasteiger partial charge in [-0.05, 0) is 38.1 Å². The Morgan fingerprint density at radius 3 is 1.27 bits per heavy atom. The van der Waals surface area contributed by atoms with Crippen LogP contribution >= 0.6 is 0 Å². The van der Waals surface area contributed by atoms with Crippen molar-refractivity contribution in [3.8, 4) is 11.5 Å². The van der Waals surface area contributed by atoms with Crippen LogP contribution in [-0.2, 0) is 9.78 Å². The molecule has 0 heterocycles. The summed E-state index contributed by atoms with van der Waals surface area (Å²) >= 11 is 0. The highest BCUT2D eigenvalue weighted by Gasteiger charge is 2.23. The lowest BCUT2D eigenvalue weighted by Crippen LogP contribution is -2.13. The number of rotatable bonds is 4. The fourth-order valence-corrected chi connectivity index (χ4v) is 2.15. The second-order valence-corrected chi connectivity index (χ2v) is 5.26. The molecule has 2 N–H and O–H groups in total. The Kier molecular flexibility index (Phi) is 5.36. The van der Waals surface area contributed by atoms with Crippen LogP contribution in [0.25, 0.3) is 0 Å². The number of benzene rings is 2. The topological polar surface area (TPSA) is 127 Å². The van der Waals surface area contributed by atoms with Crippen molar-refractivity contribution in [3.05, 3.63) is 58.7 Å². The summed E-state index contributed by atoms with van der Waals surface area (Å²) in [5, 5.41) is 19.8. The van der Waals surface area contributed by atoms with Gasteiger partial charge in [-0.2, -0.15) is 0 Å². The summed E-state index contributed by atoms with van der Waals surface area (Å²) in [5.74, 6) is -4.60. The number of aromatic hydroxyl groups is 2. The van der Waals surface area contributed by atoms with Crippen LogP contribution in [0, 0.1) is 0 Å². The molecule has 0 aliphatic carbocycles. The predicted molar refractivity (Wildman–Crippen MR) is 87.1 cm³/mol. The fraction of sp³-hybridized carbons (Fsp3) is 0.111. The minimum atomic E-state index is -1.22. The van der Waals surface area contributed by atoms with E-state index in [1.165, 1.54) is 50.2 Å². The highest BCUT2D eigenvalue weighted by molar-refractivity contribution is 6.03. The molecule has 2 aromatic carbocycles. The largest absolute Gasteiger partial charge is 0.506 e. The Bertz CT molecular complexity index is 838. The zero-order valence-corrected chi connectivity index (χ0v) is 13.8. The number of ketones is 2. The van der Waals surface area contributed by atoms with Gasteiger partial charge in [0, 0.05) is 0 Å². The van der Waals surface area contributed by atoms with Crippen molar-refractivity contribution in [2.45, 2.75) is 13.8 Å². The summed E-state index contributed by atoms with van der Waals surface area (Å²) in [6, 6.07) is 7.66. The smallest absolute Gasteiger partial charge is 0.390 e. The van der Waals surface area contributed by atoms with Crippen LogP contribution in [0.15, 0.2) is 36.4 Å². The van der Waals surface area contributed by atoms with Crippen molar-refractivity contribution in [1.29, 1.82) is 0 Å². The summed E-state index contributed by atoms with van der Waals surface area (Å²) in [5.41, 5.74) is -0.963. The summed E-state index contributed by atoms with van der Waals surface area (Å²) < 4.78 is 0. The van der Waals surface area contributed by atoms with Crippen LogP contribution in [0.5, 0.6) is 11.5 Å². The third-order valence-electron chi connectivity index (χ3n) is 3.46. The monoisotopic (exact) mass is 358 g/mol. The van der Waals surface area contributed by atoms with Gasteiger partial charge in [-0.3, -0.25) is 9.59 Å². The van der Waals surface area contributed by atoms with E-state index in [1.807, 2.05) is 0 Å². The summed E-state index contributed by atoms with van der Waals surface area (Å²) in [6.07, 6.45) is 0. The molecule has 2 rings (SSSR count). The maximum absolute atomic E-state index is 11.9. The number of Topliss-reactive ketones (excluding diaryl/α,β-unsaturated/α-hetero) is 2. The van der Waals surface area contributed by atoms with Gasteiger partial charge in [-0.25, -0.2) is 19.4 Å². The number of carbonyl (C=O) groups is 4. The first-order chi connectivity index (χ1) is 12.2. The Balaban J connectivity index is 2.17. The maximum atomic E-state index is 11.9. The molecule has 2 aromatic rings. The molecule has 0 bridgehead atoms. The Morgan fingerprint density at radius 2 is 0.962 bits per heavy atom. The van der Waals surface area contributed by atoms with Crippen LogP contribution < -0.4 is 0 Å². The van der Waals surface area contributed by atoms with Crippen molar-refractivity contribution in [2.24, 2.45) is 0 Å². The van der Waals surface area contributed by atoms with E-state index in [9.17, 15) is 29.4 Å².